The minimum Gasteiger partial charge on any atom is -0.321 e. The average molecular weight is 286 g/mol. The summed E-state index contributed by atoms with van der Waals surface area (Å²) >= 11 is 0. The molecular formula is C18H26N2O. The molecule has 2 atom stereocenters. The predicted octanol–water partition coefficient (Wildman–Crippen LogP) is 3.26. The predicted molar refractivity (Wildman–Crippen MR) is 84.8 cm³/mol. The number of aryl methyl sites for hydroxylation is 1. The van der Waals surface area contributed by atoms with Crippen LogP contribution < -0.4 is 5.32 Å². The number of hydrogen-bond acceptors (Lipinski definition) is 2. The molecule has 1 aliphatic carbocycles. The number of hydrogen-bond donors (Lipinski definition) is 1. The molecule has 0 radical (unpaired) electrons. The SMILES string of the molecule is CCc1ccc(C2NC3(CC3)C(=O)N2CC(C)CC)cc1. The first-order chi connectivity index (χ1) is 10.1. The van der Waals surface area contributed by atoms with Gasteiger partial charge < -0.3 is 4.90 Å². The van der Waals surface area contributed by atoms with E-state index in [1.165, 1.54) is 11.1 Å². The first kappa shape index (κ1) is 14.6. The number of carbonyl (C=O) groups is 1. The lowest BCUT2D eigenvalue weighted by molar-refractivity contribution is -0.131. The Hall–Kier alpha value is -1.35. The van der Waals surface area contributed by atoms with Gasteiger partial charge in [-0.3, -0.25) is 10.1 Å². The van der Waals surface area contributed by atoms with Gasteiger partial charge in [-0.1, -0.05) is 51.5 Å². The van der Waals surface area contributed by atoms with Gasteiger partial charge in [0.05, 0.1) is 0 Å². The third-order valence-electron chi connectivity index (χ3n) is 5.05. The summed E-state index contributed by atoms with van der Waals surface area (Å²) in [4.78, 5) is 14.8. The van der Waals surface area contributed by atoms with Crippen LogP contribution in [0.15, 0.2) is 24.3 Å². The zero-order valence-corrected chi connectivity index (χ0v) is 13.4. The maximum atomic E-state index is 12.7. The van der Waals surface area contributed by atoms with Crippen LogP contribution in [0.2, 0.25) is 0 Å². The normalized spacial score (nSPS) is 24.6. The molecule has 3 heteroatoms. The topological polar surface area (TPSA) is 32.3 Å². The molecule has 3 rings (SSSR count). The highest BCUT2D eigenvalue weighted by atomic mass is 16.2. The molecule has 1 spiro atoms. The van der Waals surface area contributed by atoms with Crippen molar-refractivity contribution in [1.82, 2.24) is 10.2 Å². The Labute approximate surface area is 127 Å². The summed E-state index contributed by atoms with van der Waals surface area (Å²) in [5.74, 6) is 0.856. The van der Waals surface area contributed by atoms with Gasteiger partial charge in [-0.15, -0.1) is 0 Å². The molecular weight excluding hydrogens is 260 g/mol. The molecule has 21 heavy (non-hydrogen) atoms. The van der Waals surface area contributed by atoms with Crippen LogP contribution in [0.4, 0.5) is 0 Å². The lowest BCUT2D eigenvalue weighted by Gasteiger charge is -2.27. The van der Waals surface area contributed by atoms with E-state index in [1.807, 2.05) is 0 Å². The van der Waals surface area contributed by atoms with Crippen LogP contribution in [-0.2, 0) is 11.2 Å². The van der Waals surface area contributed by atoms with Crippen molar-refractivity contribution >= 4 is 5.91 Å². The van der Waals surface area contributed by atoms with Gasteiger partial charge in [0.25, 0.3) is 0 Å². The fraction of sp³-hybridized carbons (Fsp3) is 0.611. The second-order valence-electron chi connectivity index (χ2n) is 6.70. The van der Waals surface area contributed by atoms with Gasteiger partial charge in [0.1, 0.15) is 11.7 Å². The van der Waals surface area contributed by atoms with Crippen LogP contribution in [0.25, 0.3) is 0 Å². The summed E-state index contributed by atoms with van der Waals surface area (Å²) < 4.78 is 0. The lowest BCUT2D eigenvalue weighted by Crippen LogP contribution is -2.35. The maximum absolute atomic E-state index is 12.7. The van der Waals surface area contributed by atoms with Crippen LogP contribution in [0.1, 0.15) is 57.3 Å². The van der Waals surface area contributed by atoms with E-state index in [9.17, 15) is 4.79 Å². The van der Waals surface area contributed by atoms with Crippen LogP contribution in [0.3, 0.4) is 0 Å². The molecule has 1 heterocycles. The Bertz CT molecular complexity index is 519. The molecule has 1 N–H and O–H groups in total. The zero-order chi connectivity index (χ0) is 15.0. The molecule has 1 aliphatic heterocycles. The van der Waals surface area contributed by atoms with Crippen LogP contribution in [-0.4, -0.2) is 22.9 Å². The quantitative estimate of drug-likeness (QED) is 0.901. The van der Waals surface area contributed by atoms with E-state index in [4.69, 9.17) is 0 Å². The van der Waals surface area contributed by atoms with Gasteiger partial charge >= 0.3 is 0 Å². The Morgan fingerprint density at radius 3 is 2.48 bits per heavy atom. The van der Waals surface area contributed by atoms with Crippen molar-refractivity contribution in [3.05, 3.63) is 35.4 Å². The van der Waals surface area contributed by atoms with Gasteiger partial charge in [0, 0.05) is 6.54 Å². The fourth-order valence-corrected chi connectivity index (χ4v) is 3.13. The van der Waals surface area contributed by atoms with Crippen LogP contribution in [0.5, 0.6) is 0 Å². The molecule has 0 aromatic heterocycles. The molecule has 2 unspecified atom stereocenters. The van der Waals surface area contributed by atoms with Gasteiger partial charge in [-0.2, -0.15) is 0 Å². The summed E-state index contributed by atoms with van der Waals surface area (Å²) in [7, 11) is 0. The van der Waals surface area contributed by atoms with Gasteiger partial charge in [0.15, 0.2) is 0 Å². The van der Waals surface area contributed by atoms with Crippen molar-refractivity contribution < 1.29 is 4.79 Å². The summed E-state index contributed by atoms with van der Waals surface area (Å²) in [5.41, 5.74) is 2.33. The third kappa shape index (κ3) is 2.59. The minimum atomic E-state index is -0.235. The van der Waals surface area contributed by atoms with E-state index in [2.05, 4.69) is 55.3 Å². The highest BCUT2D eigenvalue weighted by molar-refractivity contribution is 5.92. The third-order valence-corrected chi connectivity index (χ3v) is 5.05. The smallest absolute Gasteiger partial charge is 0.244 e. The number of carbonyl (C=O) groups excluding carboxylic acids is 1. The minimum absolute atomic E-state index is 0.0555. The Morgan fingerprint density at radius 2 is 1.95 bits per heavy atom. The van der Waals surface area contributed by atoms with Crippen molar-refractivity contribution in [2.24, 2.45) is 5.92 Å². The average Bonchev–Trinajstić information content (AvgIpc) is 3.25. The molecule has 3 nitrogen and oxygen atoms in total. The second kappa shape index (κ2) is 5.45. The molecule has 114 valence electrons. The number of benzene rings is 1. The zero-order valence-electron chi connectivity index (χ0n) is 13.4. The fourth-order valence-electron chi connectivity index (χ4n) is 3.13. The van der Waals surface area contributed by atoms with Gasteiger partial charge in [-0.25, -0.2) is 0 Å². The van der Waals surface area contributed by atoms with E-state index in [0.29, 0.717) is 11.8 Å². The van der Waals surface area contributed by atoms with Crippen molar-refractivity contribution in [2.45, 2.75) is 58.2 Å². The van der Waals surface area contributed by atoms with Crippen molar-refractivity contribution in [3.8, 4) is 0 Å². The largest absolute Gasteiger partial charge is 0.321 e. The van der Waals surface area contributed by atoms with Crippen LogP contribution in [0, 0.1) is 5.92 Å². The summed E-state index contributed by atoms with van der Waals surface area (Å²) in [6.07, 6.45) is 4.20. The number of nitrogens with zero attached hydrogens (tertiary/aromatic N) is 1. The first-order valence-electron chi connectivity index (χ1n) is 8.27. The monoisotopic (exact) mass is 286 g/mol. The second-order valence-corrected chi connectivity index (χ2v) is 6.70. The van der Waals surface area contributed by atoms with Crippen molar-refractivity contribution in [3.63, 3.8) is 0 Å². The molecule has 0 bridgehead atoms. The first-order valence-corrected chi connectivity index (χ1v) is 8.27. The van der Waals surface area contributed by atoms with E-state index >= 15 is 0 Å². The molecule has 1 saturated heterocycles. The molecule has 1 saturated carbocycles. The molecule has 2 fully saturated rings. The number of rotatable bonds is 5. The summed E-state index contributed by atoms with van der Waals surface area (Å²) in [6.45, 7) is 7.43. The summed E-state index contributed by atoms with van der Waals surface area (Å²) in [6, 6.07) is 8.71. The van der Waals surface area contributed by atoms with Crippen molar-refractivity contribution in [1.29, 1.82) is 0 Å². The Balaban J connectivity index is 1.85. The van der Waals surface area contributed by atoms with E-state index in [-0.39, 0.29) is 11.7 Å². The van der Waals surface area contributed by atoms with Crippen LogP contribution >= 0.6 is 0 Å². The highest BCUT2D eigenvalue weighted by Crippen LogP contribution is 2.46. The molecule has 1 amide bonds. The Kier molecular flexibility index (Phi) is 3.78. The van der Waals surface area contributed by atoms with Gasteiger partial charge in [-0.05, 0) is 36.3 Å². The van der Waals surface area contributed by atoms with Gasteiger partial charge in [0.2, 0.25) is 5.91 Å². The molecule has 2 aliphatic rings. The Morgan fingerprint density at radius 1 is 1.29 bits per heavy atom. The van der Waals surface area contributed by atoms with E-state index in [1.54, 1.807) is 0 Å². The maximum Gasteiger partial charge on any atom is 0.244 e. The van der Waals surface area contributed by atoms with Crippen molar-refractivity contribution in [2.75, 3.05) is 6.54 Å². The standard InChI is InChI=1S/C18H26N2O/c1-4-13(3)12-20-16(19-18(10-11-18)17(20)21)15-8-6-14(5-2)7-9-15/h6-9,13,16,19H,4-5,10-12H2,1-3H3. The number of amides is 1. The summed E-state index contributed by atoms with van der Waals surface area (Å²) in [5, 5.41) is 3.60. The molecule has 1 aromatic rings. The number of nitrogens with one attached hydrogen (secondary N) is 1. The lowest BCUT2D eigenvalue weighted by atomic mass is 10.1. The van der Waals surface area contributed by atoms with E-state index in [0.717, 1.165) is 32.2 Å². The highest BCUT2D eigenvalue weighted by Gasteiger charge is 2.59. The molecule has 1 aromatic carbocycles. The van der Waals surface area contributed by atoms with E-state index < -0.39 is 0 Å².